The highest BCUT2D eigenvalue weighted by atomic mass is 35.5. The predicted octanol–water partition coefficient (Wildman–Crippen LogP) is 4.81. The molecule has 0 spiro atoms. The Bertz CT molecular complexity index is 825. The highest BCUT2D eigenvalue weighted by Crippen LogP contribution is 2.31. The summed E-state index contributed by atoms with van der Waals surface area (Å²) in [5.41, 5.74) is 2.69. The van der Waals surface area contributed by atoms with E-state index in [1.54, 1.807) is 0 Å². The van der Waals surface area contributed by atoms with E-state index in [4.69, 9.17) is 9.15 Å². The van der Waals surface area contributed by atoms with E-state index in [-0.39, 0.29) is 24.8 Å². The molecule has 3 fully saturated rings. The first-order valence-corrected chi connectivity index (χ1v) is 8.70. The molecule has 6 heteroatoms. The van der Waals surface area contributed by atoms with Crippen LogP contribution in [-0.4, -0.2) is 35.6 Å². The van der Waals surface area contributed by atoms with Crippen LogP contribution in [-0.2, 0) is 0 Å². The fourth-order valence-corrected chi connectivity index (χ4v) is 3.89. The molecule has 4 heterocycles. The number of para-hydroxylation sites is 2. The second-order valence-corrected chi connectivity index (χ2v) is 6.81. The molecule has 1 aromatic heterocycles. The topological polar surface area (TPSA) is 38.5 Å². The number of nitrogens with zero attached hydrogens (tertiary/aromatic N) is 2. The van der Waals surface area contributed by atoms with Crippen LogP contribution in [0.1, 0.15) is 12.8 Å². The normalized spacial score (nSPS) is 23.9. The van der Waals surface area contributed by atoms with Crippen molar-refractivity contribution < 1.29 is 9.15 Å². The Morgan fingerprint density at radius 1 is 0.962 bits per heavy atom. The van der Waals surface area contributed by atoms with Crippen LogP contribution in [0, 0.1) is 5.92 Å². The fourth-order valence-electron chi connectivity index (χ4n) is 3.89. The summed E-state index contributed by atoms with van der Waals surface area (Å²) in [5, 5.41) is 0. The van der Waals surface area contributed by atoms with Crippen molar-refractivity contribution in [1.82, 2.24) is 9.88 Å². The lowest BCUT2D eigenvalue weighted by Gasteiger charge is -2.44. The number of hydrogen-bond donors (Lipinski definition) is 0. The second kappa shape index (κ2) is 7.87. The van der Waals surface area contributed by atoms with Gasteiger partial charge in [0.1, 0.15) is 17.4 Å². The van der Waals surface area contributed by atoms with E-state index in [9.17, 15) is 0 Å². The van der Waals surface area contributed by atoms with Gasteiger partial charge in [0.05, 0.1) is 0 Å². The molecule has 2 bridgehead atoms. The lowest BCUT2D eigenvalue weighted by molar-refractivity contribution is -0.00775. The maximum Gasteiger partial charge on any atom is 0.227 e. The summed E-state index contributed by atoms with van der Waals surface area (Å²) in [6, 6.07) is 16.0. The number of benzene rings is 2. The van der Waals surface area contributed by atoms with E-state index in [1.807, 2.05) is 48.5 Å². The van der Waals surface area contributed by atoms with Crippen LogP contribution in [0.25, 0.3) is 22.6 Å². The van der Waals surface area contributed by atoms with Gasteiger partial charge in [-0.05, 0) is 68.2 Å². The molecule has 3 aromatic rings. The Kier molecular flexibility index (Phi) is 5.76. The van der Waals surface area contributed by atoms with Gasteiger partial charge in [-0.2, -0.15) is 0 Å². The van der Waals surface area contributed by atoms with Crippen LogP contribution < -0.4 is 4.74 Å². The van der Waals surface area contributed by atoms with Gasteiger partial charge in [0.15, 0.2) is 5.58 Å². The van der Waals surface area contributed by atoms with Crippen molar-refractivity contribution in [2.24, 2.45) is 5.92 Å². The van der Waals surface area contributed by atoms with Gasteiger partial charge in [0, 0.05) is 12.1 Å². The zero-order chi connectivity index (χ0) is 15.9. The average Bonchev–Trinajstić information content (AvgIpc) is 3.07. The number of halogens is 2. The Labute approximate surface area is 165 Å². The van der Waals surface area contributed by atoms with Crippen molar-refractivity contribution >= 4 is 35.9 Å². The van der Waals surface area contributed by atoms with Crippen LogP contribution in [0.5, 0.6) is 5.75 Å². The molecule has 3 aliphatic rings. The maximum atomic E-state index is 6.25. The van der Waals surface area contributed by atoms with E-state index < -0.39 is 0 Å². The minimum Gasteiger partial charge on any atom is -0.489 e. The van der Waals surface area contributed by atoms with Crippen molar-refractivity contribution in [3.05, 3.63) is 48.5 Å². The second-order valence-electron chi connectivity index (χ2n) is 6.81. The SMILES string of the molecule is Cl.Cl.c1ccc2oc(-c3ccc(OC4CN5CCC4CC5)cc3)nc2c1. The molecule has 1 atom stereocenters. The Balaban J connectivity index is 0.000000980. The molecule has 0 amide bonds. The molecule has 3 aliphatic heterocycles. The number of rotatable bonds is 3. The first-order chi connectivity index (χ1) is 11.8. The minimum absolute atomic E-state index is 0. The van der Waals surface area contributed by atoms with Gasteiger partial charge in [0.2, 0.25) is 5.89 Å². The van der Waals surface area contributed by atoms with Gasteiger partial charge in [-0.15, -0.1) is 24.8 Å². The van der Waals surface area contributed by atoms with E-state index in [0.29, 0.717) is 17.9 Å². The molecule has 1 unspecified atom stereocenters. The highest BCUT2D eigenvalue weighted by Gasteiger charge is 2.35. The average molecular weight is 393 g/mol. The maximum absolute atomic E-state index is 6.25. The van der Waals surface area contributed by atoms with Crippen molar-refractivity contribution in [1.29, 1.82) is 0 Å². The third-order valence-corrected chi connectivity index (χ3v) is 5.28. The summed E-state index contributed by atoms with van der Waals surface area (Å²) in [4.78, 5) is 7.06. The van der Waals surface area contributed by atoms with Gasteiger partial charge in [-0.3, -0.25) is 4.90 Å². The zero-order valence-corrected chi connectivity index (χ0v) is 16.0. The van der Waals surface area contributed by atoms with Crippen molar-refractivity contribution in [2.75, 3.05) is 19.6 Å². The monoisotopic (exact) mass is 392 g/mol. The fraction of sp³-hybridized carbons (Fsp3) is 0.350. The molecule has 26 heavy (non-hydrogen) atoms. The molecular formula is C20H22Cl2N2O2. The van der Waals surface area contributed by atoms with Crippen LogP contribution in [0.2, 0.25) is 0 Å². The first kappa shape index (κ1) is 19.0. The summed E-state index contributed by atoms with van der Waals surface area (Å²) in [6.07, 6.45) is 2.87. The van der Waals surface area contributed by atoms with Gasteiger partial charge < -0.3 is 9.15 Å². The summed E-state index contributed by atoms with van der Waals surface area (Å²) in [7, 11) is 0. The summed E-state index contributed by atoms with van der Waals surface area (Å²) in [5.74, 6) is 2.31. The third kappa shape index (κ3) is 3.54. The largest absolute Gasteiger partial charge is 0.489 e. The molecule has 2 aromatic carbocycles. The zero-order valence-electron chi connectivity index (χ0n) is 14.3. The lowest BCUT2D eigenvalue weighted by Crippen LogP contribution is -2.52. The summed E-state index contributed by atoms with van der Waals surface area (Å²) >= 11 is 0. The number of fused-ring (bicyclic) bond motifs is 4. The molecule has 3 saturated heterocycles. The van der Waals surface area contributed by atoms with Gasteiger partial charge in [-0.25, -0.2) is 4.98 Å². The molecule has 138 valence electrons. The van der Waals surface area contributed by atoms with E-state index in [1.165, 1.54) is 25.9 Å². The molecular weight excluding hydrogens is 371 g/mol. The van der Waals surface area contributed by atoms with Crippen molar-refractivity contribution in [3.8, 4) is 17.2 Å². The summed E-state index contributed by atoms with van der Waals surface area (Å²) < 4.78 is 12.1. The minimum atomic E-state index is 0. The van der Waals surface area contributed by atoms with Crippen LogP contribution >= 0.6 is 24.8 Å². The number of oxazole rings is 1. The van der Waals surface area contributed by atoms with E-state index >= 15 is 0 Å². The smallest absolute Gasteiger partial charge is 0.227 e. The molecule has 0 aliphatic carbocycles. The van der Waals surface area contributed by atoms with Crippen LogP contribution in [0.3, 0.4) is 0 Å². The number of hydrogen-bond acceptors (Lipinski definition) is 4. The Morgan fingerprint density at radius 2 is 1.69 bits per heavy atom. The van der Waals surface area contributed by atoms with Gasteiger partial charge in [0.25, 0.3) is 0 Å². The number of piperidine rings is 3. The molecule has 0 N–H and O–H groups in total. The van der Waals surface area contributed by atoms with E-state index in [0.717, 1.165) is 29.0 Å². The summed E-state index contributed by atoms with van der Waals surface area (Å²) in [6.45, 7) is 3.54. The quantitative estimate of drug-likeness (QED) is 0.640. The standard InChI is InChI=1S/C20H20N2O2.2ClH/c1-2-4-18-17(3-1)21-20(24-18)15-5-7-16(8-6-15)23-19-13-22-11-9-14(19)10-12-22;;/h1-8,14,19H,9-13H2;2*1H. The first-order valence-electron chi connectivity index (χ1n) is 8.70. The lowest BCUT2D eigenvalue weighted by atomic mass is 9.86. The van der Waals surface area contributed by atoms with Gasteiger partial charge in [-0.1, -0.05) is 12.1 Å². The molecule has 0 radical (unpaired) electrons. The third-order valence-electron chi connectivity index (χ3n) is 5.28. The Morgan fingerprint density at radius 3 is 2.35 bits per heavy atom. The molecule has 6 rings (SSSR count). The van der Waals surface area contributed by atoms with Crippen LogP contribution in [0.4, 0.5) is 0 Å². The van der Waals surface area contributed by atoms with Crippen molar-refractivity contribution in [2.45, 2.75) is 18.9 Å². The van der Waals surface area contributed by atoms with Crippen LogP contribution in [0.15, 0.2) is 52.9 Å². The van der Waals surface area contributed by atoms with Crippen molar-refractivity contribution in [3.63, 3.8) is 0 Å². The predicted molar refractivity (Wildman–Crippen MR) is 108 cm³/mol. The van der Waals surface area contributed by atoms with Gasteiger partial charge >= 0.3 is 0 Å². The molecule has 0 saturated carbocycles. The number of aromatic nitrogens is 1. The number of ether oxygens (including phenoxy) is 1. The van der Waals surface area contributed by atoms with E-state index in [2.05, 4.69) is 9.88 Å². The highest BCUT2D eigenvalue weighted by molar-refractivity contribution is 5.85. The Hall–Kier alpha value is -1.75. The molecule has 4 nitrogen and oxygen atoms in total.